The first kappa shape index (κ1) is 19.2. The van der Waals surface area contributed by atoms with Crippen molar-refractivity contribution in [3.8, 4) is 23.8 Å². The third-order valence-electron chi connectivity index (χ3n) is 5.71. The Morgan fingerprint density at radius 2 is 1.62 bits per heavy atom. The van der Waals surface area contributed by atoms with Crippen molar-refractivity contribution < 1.29 is 9.47 Å². The van der Waals surface area contributed by atoms with Crippen LogP contribution in [-0.2, 0) is 18.3 Å². The van der Waals surface area contributed by atoms with E-state index in [1.807, 2.05) is 12.1 Å². The summed E-state index contributed by atoms with van der Waals surface area (Å²) in [5.74, 6) is 4.60. The van der Waals surface area contributed by atoms with Gasteiger partial charge in [-0.3, -0.25) is 0 Å². The lowest BCUT2D eigenvalue weighted by atomic mass is 9.78. The predicted molar refractivity (Wildman–Crippen MR) is 117 cm³/mol. The molecule has 0 radical (unpaired) electrons. The Hall–Kier alpha value is -3.18. The van der Waals surface area contributed by atoms with Crippen LogP contribution in [0.3, 0.4) is 0 Å². The highest BCUT2D eigenvalue weighted by atomic mass is 16.7. The third kappa shape index (κ3) is 4.46. The molecule has 146 valence electrons. The standard InChI is InChI=1S/C27H26O2/c1-3-27(2,24-14-15-25-26(19-24)29-20-28-25)16-8-13-22-11-7-12-23(18-22)17-21-9-5-4-6-10-21/h1,4-7,9-12,14-15,18-19H,8,13,16-17,20H2,2H3. The van der Waals surface area contributed by atoms with E-state index in [0.717, 1.165) is 42.7 Å². The maximum absolute atomic E-state index is 5.95. The zero-order chi connectivity index (χ0) is 20.1. The van der Waals surface area contributed by atoms with Gasteiger partial charge in [-0.1, -0.05) is 66.6 Å². The van der Waals surface area contributed by atoms with Crippen LogP contribution in [0.4, 0.5) is 0 Å². The number of hydrogen-bond donors (Lipinski definition) is 0. The molecule has 2 nitrogen and oxygen atoms in total. The second kappa shape index (κ2) is 8.45. The molecule has 0 aliphatic carbocycles. The molecule has 1 heterocycles. The summed E-state index contributed by atoms with van der Waals surface area (Å²) in [5.41, 5.74) is 4.85. The highest BCUT2D eigenvalue weighted by Gasteiger charge is 2.26. The van der Waals surface area contributed by atoms with Gasteiger partial charge in [0.1, 0.15) is 0 Å². The molecule has 2 heteroatoms. The van der Waals surface area contributed by atoms with E-state index in [-0.39, 0.29) is 12.2 Å². The summed E-state index contributed by atoms with van der Waals surface area (Å²) in [6.07, 6.45) is 9.89. The van der Waals surface area contributed by atoms with Gasteiger partial charge in [0.05, 0.1) is 5.41 Å². The summed E-state index contributed by atoms with van der Waals surface area (Å²) in [7, 11) is 0. The first-order valence-electron chi connectivity index (χ1n) is 10.2. The summed E-state index contributed by atoms with van der Waals surface area (Å²) in [5, 5.41) is 0. The number of aryl methyl sites for hydroxylation is 1. The molecule has 0 N–H and O–H groups in total. The molecule has 0 amide bonds. The Morgan fingerprint density at radius 1 is 0.862 bits per heavy atom. The van der Waals surface area contributed by atoms with Crippen molar-refractivity contribution in [3.63, 3.8) is 0 Å². The molecule has 0 saturated heterocycles. The van der Waals surface area contributed by atoms with Crippen LogP contribution in [0.1, 0.15) is 42.0 Å². The number of ether oxygens (including phenoxy) is 2. The van der Waals surface area contributed by atoms with Crippen LogP contribution in [-0.4, -0.2) is 6.79 Å². The fourth-order valence-electron chi connectivity index (χ4n) is 3.91. The summed E-state index contributed by atoms with van der Waals surface area (Å²) >= 11 is 0. The quantitative estimate of drug-likeness (QED) is 0.472. The van der Waals surface area contributed by atoms with Crippen molar-refractivity contribution in [2.75, 3.05) is 6.79 Å². The normalized spacial score (nSPS) is 14.2. The largest absolute Gasteiger partial charge is 0.454 e. The first-order valence-corrected chi connectivity index (χ1v) is 10.2. The lowest BCUT2D eigenvalue weighted by molar-refractivity contribution is 0.174. The average molecular weight is 383 g/mol. The van der Waals surface area contributed by atoms with Crippen LogP contribution in [0, 0.1) is 12.3 Å². The zero-order valence-electron chi connectivity index (χ0n) is 16.9. The van der Waals surface area contributed by atoms with Crippen LogP contribution in [0.2, 0.25) is 0 Å². The Bertz CT molecular complexity index is 1020. The number of fused-ring (bicyclic) bond motifs is 1. The lowest BCUT2D eigenvalue weighted by Gasteiger charge is -2.24. The van der Waals surface area contributed by atoms with Crippen LogP contribution in [0.25, 0.3) is 0 Å². The molecule has 1 atom stereocenters. The van der Waals surface area contributed by atoms with Gasteiger partial charge in [-0.15, -0.1) is 6.42 Å². The maximum Gasteiger partial charge on any atom is 0.231 e. The van der Waals surface area contributed by atoms with Crippen molar-refractivity contribution in [3.05, 3.63) is 95.1 Å². The highest BCUT2D eigenvalue weighted by Crippen LogP contribution is 2.38. The van der Waals surface area contributed by atoms with Crippen molar-refractivity contribution >= 4 is 0 Å². The van der Waals surface area contributed by atoms with E-state index in [4.69, 9.17) is 15.9 Å². The maximum atomic E-state index is 5.95. The van der Waals surface area contributed by atoms with Gasteiger partial charge in [0.15, 0.2) is 11.5 Å². The molecule has 0 bridgehead atoms. The van der Waals surface area contributed by atoms with E-state index < -0.39 is 0 Å². The van der Waals surface area contributed by atoms with E-state index in [1.165, 1.54) is 16.7 Å². The third-order valence-corrected chi connectivity index (χ3v) is 5.71. The molecule has 1 aliphatic rings. The fourth-order valence-corrected chi connectivity index (χ4v) is 3.91. The molecular weight excluding hydrogens is 356 g/mol. The number of rotatable bonds is 7. The minimum atomic E-state index is -0.317. The summed E-state index contributed by atoms with van der Waals surface area (Å²) in [6, 6.07) is 25.5. The molecule has 0 saturated carbocycles. The highest BCUT2D eigenvalue weighted by molar-refractivity contribution is 5.48. The molecule has 0 aromatic heterocycles. The molecule has 4 rings (SSSR count). The van der Waals surface area contributed by atoms with Gasteiger partial charge in [-0.25, -0.2) is 0 Å². The van der Waals surface area contributed by atoms with Crippen molar-refractivity contribution in [1.82, 2.24) is 0 Å². The second-order valence-electron chi connectivity index (χ2n) is 7.88. The Kier molecular flexibility index (Phi) is 5.58. The van der Waals surface area contributed by atoms with Gasteiger partial charge in [0.25, 0.3) is 0 Å². The molecule has 1 unspecified atom stereocenters. The van der Waals surface area contributed by atoms with E-state index in [9.17, 15) is 0 Å². The minimum Gasteiger partial charge on any atom is -0.454 e. The average Bonchev–Trinajstić information content (AvgIpc) is 3.22. The fraction of sp³-hybridized carbons (Fsp3) is 0.259. The van der Waals surface area contributed by atoms with Gasteiger partial charge in [-0.2, -0.15) is 0 Å². The number of terminal acetylenes is 1. The summed E-state index contributed by atoms with van der Waals surface area (Å²) in [4.78, 5) is 0. The van der Waals surface area contributed by atoms with Crippen molar-refractivity contribution in [2.45, 2.75) is 38.0 Å². The van der Waals surface area contributed by atoms with Crippen LogP contribution in [0.15, 0.2) is 72.8 Å². The Morgan fingerprint density at radius 3 is 2.45 bits per heavy atom. The van der Waals surface area contributed by atoms with Gasteiger partial charge < -0.3 is 9.47 Å². The van der Waals surface area contributed by atoms with Crippen LogP contribution >= 0.6 is 0 Å². The smallest absolute Gasteiger partial charge is 0.231 e. The van der Waals surface area contributed by atoms with Gasteiger partial charge >= 0.3 is 0 Å². The molecular formula is C27H26O2. The SMILES string of the molecule is C#CC(C)(CCCc1cccc(Cc2ccccc2)c1)c1ccc2c(c1)OCO2. The van der Waals surface area contributed by atoms with Crippen molar-refractivity contribution in [1.29, 1.82) is 0 Å². The molecule has 29 heavy (non-hydrogen) atoms. The summed E-state index contributed by atoms with van der Waals surface area (Å²) in [6.45, 7) is 2.42. The van der Waals surface area contributed by atoms with E-state index >= 15 is 0 Å². The van der Waals surface area contributed by atoms with Crippen LogP contribution in [0.5, 0.6) is 11.5 Å². The second-order valence-corrected chi connectivity index (χ2v) is 7.88. The topological polar surface area (TPSA) is 18.5 Å². The van der Waals surface area contributed by atoms with Gasteiger partial charge in [0.2, 0.25) is 6.79 Å². The Balaban J connectivity index is 1.40. The molecule has 0 spiro atoms. The van der Waals surface area contributed by atoms with E-state index in [2.05, 4.69) is 73.5 Å². The number of benzene rings is 3. The molecule has 0 fully saturated rings. The summed E-state index contributed by atoms with van der Waals surface area (Å²) < 4.78 is 10.9. The van der Waals surface area contributed by atoms with Crippen LogP contribution < -0.4 is 9.47 Å². The molecule has 1 aliphatic heterocycles. The monoisotopic (exact) mass is 382 g/mol. The number of hydrogen-bond acceptors (Lipinski definition) is 2. The van der Waals surface area contributed by atoms with Crippen molar-refractivity contribution in [2.24, 2.45) is 0 Å². The van der Waals surface area contributed by atoms with E-state index in [1.54, 1.807) is 0 Å². The zero-order valence-corrected chi connectivity index (χ0v) is 16.9. The van der Waals surface area contributed by atoms with Gasteiger partial charge in [0, 0.05) is 0 Å². The van der Waals surface area contributed by atoms with E-state index in [0.29, 0.717) is 0 Å². The predicted octanol–water partition coefficient (Wildman–Crippen LogP) is 5.92. The lowest BCUT2D eigenvalue weighted by Crippen LogP contribution is -2.19. The minimum absolute atomic E-state index is 0.283. The van der Waals surface area contributed by atoms with Gasteiger partial charge in [-0.05, 0) is 67.0 Å². The molecule has 3 aromatic carbocycles. The Labute approximate surface area is 173 Å². The molecule has 3 aromatic rings. The first-order chi connectivity index (χ1) is 14.2.